The van der Waals surface area contributed by atoms with Gasteiger partial charge in [0.15, 0.2) is 5.76 Å². The second kappa shape index (κ2) is 4.56. The number of carbonyl (C=O) groups is 1. The fourth-order valence-electron chi connectivity index (χ4n) is 0.699. The van der Waals surface area contributed by atoms with Crippen LogP contribution in [0.5, 0.6) is 0 Å². The number of hydrogen-bond donors (Lipinski definition) is 0. The maximum atomic E-state index is 10.5. The van der Waals surface area contributed by atoms with Crippen LogP contribution in [0.3, 0.4) is 0 Å². The van der Waals surface area contributed by atoms with Crippen molar-refractivity contribution in [2.75, 3.05) is 7.05 Å². The molecular formula is C7H6ClN3O4. The summed E-state index contributed by atoms with van der Waals surface area (Å²) < 4.78 is 4.75. The van der Waals surface area contributed by atoms with Gasteiger partial charge >= 0.3 is 11.3 Å². The lowest BCUT2D eigenvalue weighted by atomic mass is 10.5. The minimum Gasteiger partial charge on any atom is -0.400 e. The molecule has 0 unspecified atom stereocenters. The summed E-state index contributed by atoms with van der Waals surface area (Å²) in [6.07, 6.45) is 1.15. The summed E-state index contributed by atoms with van der Waals surface area (Å²) in [6, 6.07) is 2.54. The third kappa shape index (κ3) is 3.06. The van der Waals surface area contributed by atoms with Crippen molar-refractivity contribution in [1.29, 1.82) is 0 Å². The van der Waals surface area contributed by atoms with Crippen molar-refractivity contribution in [3.63, 3.8) is 0 Å². The highest BCUT2D eigenvalue weighted by atomic mass is 35.5. The van der Waals surface area contributed by atoms with Gasteiger partial charge in [-0.3, -0.25) is 14.9 Å². The number of hydrazone groups is 1. The van der Waals surface area contributed by atoms with Gasteiger partial charge in [0, 0.05) is 7.05 Å². The van der Waals surface area contributed by atoms with Crippen LogP contribution in [-0.4, -0.2) is 28.6 Å². The second-order valence-corrected chi connectivity index (χ2v) is 2.78. The minimum absolute atomic E-state index is 0.159. The smallest absolute Gasteiger partial charge is 0.400 e. The van der Waals surface area contributed by atoms with Crippen molar-refractivity contribution in [2.24, 2.45) is 5.10 Å². The Labute approximate surface area is 89.1 Å². The zero-order valence-electron chi connectivity index (χ0n) is 7.58. The summed E-state index contributed by atoms with van der Waals surface area (Å²) in [5.41, 5.74) is 0. The SMILES string of the molecule is CN(N=Cc1ccc([N+](=O)[O-])o1)C(=O)Cl. The molecule has 0 saturated carbocycles. The van der Waals surface area contributed by atoms with E-state index in [4.69, 9.17) is 16.0 Å². The number of nitrogens with zero attached hydrogens (tertiary/aromatic N) is 3. The highest BCUT2D eigenvalue weighted by molar-refractivity contribution is 6.62. The molecule has 0 aliphatic heterocycles. The van der Waals surface area contributed by atoms with E-state index in [0.29, 0.717) is 0 Å². The van der Waals surface area contributed by atoms with E-state index in [1.165, 1.54) is 19.2 Å². The largest absolute Gasteiger partial charge is 0.433 e. The molecule has 1 aromatic heterocycles. The Hall–Kier alpha value is -1.89. The zero-order chi connectivity index (χ0) is 11.4. The van der Waals surface area contributed by atoms with Gasteiger partial charge in [0.1, 0.15) is 4.92 Å². The van der Waals surface area contributed by atoms with E-state index in [9.17, 15) is 14.9 Å². The van der Waals surface area contributed by atoms with Gasteiger partial charge in [-0.1, -0.05) is 0 Å². The number of hydrogen-bond acceptors (Lipinski definition) is 5. The van der Waals surface area contributed by atoms with E-state index in [1.54, 1.807) is 0 Å². The predicted octanol–water partition coefficient (Wildman–Crippen LogP) is 1.81. The third-order valence-electron chi connectivity index (χ3n) is 1.41. The van der Waals surface area contributed by atoms with E-state index in [0.717, 1.165) is 11.2 Å². The molecule has 0 fully saturated rings. The lowest BCUT2D eigenvalue weighted by Gasteiger charge is -2.02. The number of carbonyl (C=O) groups excluding carboxylic acids is 1. The van der Waals surface area contributed by atoms with Crippen molar-refractivity contribution in [1.82, 2.24) is 5.01 Å². The fraction of sp³-hybridized carbons (Fsp3) is 0.143. The van der Waals surface area contributed by atoms with E-state index in [1.807, 2.05) is 0 Å². The topological polar surface area (TPSA) is 88.9 Å². The van der Waals surface area contributed by atoms with Crippen LogP contribution in [0.1, 0.15) is 5.76 Å². The molecule has 80 valence electrons. The molecule has 0 spiro atoms. The molecule has 8 heteroatoms. The lowest BCUT2D eigenvalue weighted by molar-refractivity contribution is -0.402. The molecule has 0 aliphatic rings. The second-order valence-electron chi connectivity index (χ2n) is 2.45. The van der Waals surface area contributed by atoms with Crippen LogP contribution >= 0.6 is 11.6 Å². The van der Waals surface area contributed by atoms with Crippen molar-refractivity contribution in [2.45, 2.75) is 0 Å². The van der Waals surface area contributed by atoms with Gasteiger partial charge in [-0.05, 0) is 17.7 Å². The number of furan rings is 1. The van der Waals surface area contributed by atoms with Crippen LogP contribution in [-0.2, 0) is 0 Å². The van der Waals surface area contributed by atoms with Crippen LogP contribution in [0.15, 0.2) is 21.7 Å². The normalized spacial score (nSPS) is 10.5. The van der Waals surface area contributed by atoms with Gasteiger partial charge in [-0.25, -0.2) is 5.01 Å². The summed E-state index contributed by atoms with van der Waals surface area (Å²) in [5.74, 6) is -0.234. The first-order chi connectivity index (χ1) is 7.00. The summed E-state index contributed by atoms with van der Waals surface area (Å²) in [4.78, 5) is 20.1. The van der Waals surface area contributed by atoms with E-state index < -0.39 is 16.2 Å². The first-order valence-corrected chi connectivity index (χ1v) is 4.10. The van der Waals surface area contributed by atoms with Crippen LogP contribution in [0.4, 0.5) is 10.7 Å². The van der Waals surface area contributed by atoms with Gasteiger partial charge in [0.2, 0.25) is 0 Å². The van der Waals surface area contributed by atoms with Crippen LogP contribution in [0.25, 0.3) is 0 Å². The van der Waals surface area contributed by atoms with Crippen LogP contribution in [0, 0.1) is 10.1 Å². The lowest BCUT2D eigenvalue weighted by Crippen LogP contribution is -2.13. The molecule has 0 aliphatic carbocycles. The Morgan fingerprint density at radius 2 is 2.40 bits per heavy atom. The van der Waals surface area contributed by atoms with E-state index >= 15 is 0 Å². The molecule has 0 bridgehead atoms. The molecule has 0 aromatic carbocycles. The Bertz CT molecular complexity index is 414. The average Bonchev–Trinajstić information content (AvgIpc) is 2.62. The zero-order valence-corrected chi connectivity index (χ0v) is 8.34. The molecule has 0 atom stereocenters. The number of halogens is 1. The summed E-state index contributed by atoms with van der Waals surface area (Å²) in [5, 5.41) is 13.9. The molecule has 1 aromatic rings. The van der Waals surface area contributed by atoms with Gasteiger partial charge in [0.05, 0.1) is 12.3 Å². The molecule has 0 saturated heterocycles. The van der Waals surface area contributed by atoms with Crippen LogP contribution < -0.4 is 0 Å². The third-order valence-corrected chi connectivity index (χ3v) is 1.65. The molecule has 1 amide bonds. The molecule has 0 N–H and O–H groups in total. The molecule has 7 nitrogen and oxygen atoms in total. The van der Waals surface area contributed by atoms with Crippen molar-refractivity contribution in [3.8, 4) is 0 Å². The van der Waals surface area contributed by atoms with Crippen molar-refractivity contribution >= 4 is 29.1 Å². The van der Waals surface area contributed by atoms with Crippen LogP contribution in [0.2, 0.25) is 0 Å². The van der Waals surface area contributed by atoms with E-state index in [-0.39, 0.29) is 5.76 Å². The van der Waals surface area contributed by atoms with Gasteiger partial charge in [0.25, 0.3) is 0 Å². The fourth-order valence-corrected chi connectivity index (χ4v) is 0.742. The Morgan fingerprint density at radius 3 is 2.87 bits per heavy atom. The summed E-state index contributed by atoms with van der Waals surface area (Å²) in [6.45, 7) is 0. The molecule has 15 heavy (non-hydrogen) atoms. The summed E-state index contributed by atoms with van der Waals surface area (Å²) >= 11 is 5.08. The number of amides is 1. The molecule has 1 rings (SSSR count). The number of rotatable bonds is 3. The average molecular weight is 232 g/mol. The summed E-state index contributed by atoms with van der Waals surface area (Å²) in [7, 11) is 1.34. The molecule has 0 radical (unpaired) electrons. The van der Waals surface area contributed by atoms with Crippen molar-refractivity contribution in [3.05, 3.63) is 28.0 Å². The quantitative estimate of drug-likeness (QED) is 0.261. The Kier molecular flexibility index (Phi) is 3.40. The van der Waals surface area contributed by atoms with Crippen molar-refractivity contribution < 1.29 is 14.1 Å². The first-order valence-electron chi connectivity index (χ1n) is 3.72. The highest BCUT2D eigenvalue weighted by Crippen LogP contribution is 2.13. The molecular weight excluding hydrogens is 226 g/mol. The standard InChI is InChI=1S/C7H6ClN3O4/c1-10(7(8)12)9-4-5-2-3-6(15-5)11(13)14/h2-4H,1H3. The monoisotopic (exact) mass is 231 g/mol. The minimum atomic E-state index is -0.771. The van der Waals surface area contributed by atoms with E-state index in [2.05, 4.69) is 5.10 Å². The Morgan fingerprint density at radius 1 is 1.73 bits per heavy atom. The first kappa shape index (κ1) is 11.2. The molecule has 1 heterocycles. The van der Waals surface area contributed by atoms with Gasteiger partial charge in [-0.15, -0.1) is 0 Å². The Balaban J connectivity index is 2.73. The van der Waals surface area contributed by atoms with Gasteiger partial charge in [-0.2, -0.15) is 5.10 Å². The number of nitro groups is 1. The maximum absolute atomic E-state index is 10.5. The maximum Gasteiger partial charge on any atom is 0.433 e. The highest BCUT2D eigenvalue weighted by Gasteiger charge is 2.10. The predicted molar refractivity (Wildman–Crippen MR) is 52.0 cm³/mol. The van der Waals surface area contributed by atoms with Gasteiger partial charge < -0.3 is 4.42 Å².